The molecule has 2 aromatic rings. The molecule has 1 N–H and O–H groups in total. The van der Waals surface area contributed by atoms with Crippen molar-refractivity contribution in [1.82, 2.24) is 15.1 Å². The Hall–Kier alpha value is -2.08. The normalized spacial score (nSPS) is 17.4. The first-order valence-corrected chi connectivity index (χ1v) is 8.77. The van der Waals surface area contributed by atoms with Gasteiger partial charge in [-0.2, -0.15) is 5.10 Å². The van der Waals surface area contributed by atoms with E-state index < -0.39 is 5.82 Å². The zero-order valence-corrected chi connectivity index (χ0v) is 15.3. The van der Waals surface area contributed by atoms with Gasteiger partial charge in [-0.3, -0.25) is 9.48 Å². The van der Waals surface area contributed by atoms with Crippen LogP contribution in [0.1, 0.15) is 42.4 Å². The van der Waals surface area contributed by atoms with Crippen molar-refractivity contribution in [2.75, 3.05) is 18.0 Å². The van der Waals surface area contributed by atoms with E-state index in [4.69, 9.17) is 11.6 Å². The topological polar surface area (TPSA) is 50.2 Å². The Morgan fingerprint density at radius 2 is 2.16 bits per heavy atom. The highest BCUT2D eigenvalue weighted by Gasteiger charge is 2.26. The van der Waals surface area contributed by atoms with Crippen LogP contribution in [0.25, 0.3) is 0 Å². The predicted molar refractivity (Wildman–Crippen MR) is 96.8 cm³/mol. The quantitative estimate of drug-likeness (QED) is 0.905. The average molecular weight is 365 g/mol. The number of benzene rings is 1. The minimum atomic E-state index is -0.429. The van der Waals surface area contributed by atoms with Crippen LogP contribution in [0.5, 0.6) is 0 Å². The van der Waals surface area contributed by atoms with E-state index in [-0.39, 0.29) is 17.0 Å². The second-order valence-electron chi connectivity index (χ2n) is 6.74. The van der Waals surface area contributed by atoms with Crippen molar-refractivity contribution < 1.29 is 9.18 Å². The monoisotopic (exact) mass is 364 g/mol. The van der Waals surface area contributed by atoms with Crippen molar-refractivity contribution in [1.29, 1.82) is 0 Å². The molecule has 0 aliphatic carbocycles. The fourth-order valence-corrected chi connectivity index (χ4v) is 3.30. The lowest BCUT2D eigenvalue weighted by atomic mass is 10.1. The number of aromatic nitrogens is 2. The van der Waals surface area contributed by atoms with Crippen LogP contribution in [-0.2, 0) is 7.05 Å². The van der Waals surface area contributed by atoms with Crippen LogP contribution >= 0.6 is 11.6 Å². The fourth-order valence-electron chi connectivity index (χ4n) is 3.19. The van der Waals surface area contributed by atoms with Crippen molar-refractivity contribution in [3.05, 3.63) is 46.5 Å². The van der Waals surface area contributed by atoms with E-state index >= 15 is 0 Å². The summed E-state index contributed by atoms with van der Waals surface area (Å²) >= 11 is 5.73. The van der Waals surface area contributed by atoms with Crippen LogP contribution < -0.4 is 10.2 Å². The lowest BCUT2D eigenvalue weighted by Crippen LogP contribution is -2.37. The van der Waals surface area contributed by atoms with Crippen molar-refractivity contribution in [3.63, 3.8) is 0 Å². The van der Waals surface area contributed by atoms with Crippen LogP contribution in [-0.4, -0.2) is 34.8 Å². The van der Waals surface area contributed by atoms with Gasteiger partial charge in [-0.25, -0.2) is 4.39 Å². The summed E-state index contributed by atoms with van der Waals surface area (Å²) in [6, 6.07) is 6.63. The second kappa shape index (κ2) is 7.04. The third-order valence-corrected chi connectivity index (χ3v) is 4.84. The van der Waals surface area contributed by atoms with Crippen LogP contribution in [0.15, 0.2) is 24.3 Å². The zero-order chi connectivity index (χ0) is 18.1. The molecule has 1 unspecified atom stereocenters. The highest BCUT2D eigenvalue weighted by atomic mass is 35.5. The first kappa shape index (κ1) is 17.7. The van der Waals surface area contributed by atoms with Crippen LogP contribution in [0.3, 0.4) is 0 Å². The molecule has 1 aliphatic rings. The molecule has 0 radical (unpaired) electrons. The van der Waals surface area contributed by atoms with Crippen LogP contribution in [0.2, 0.25) is 5.02 Å². The van der Waals surface area contributed by atoms with Gasteiger partial charge in [0.15, 0.2) is 0 Å². The molecule has 1 amide bonds. The summed E-state index contributed by atoms with van der Waals surface area (Å²) in [5.74, 6) is -0.293. The maximum absolute atomic E-state index is 13.6. The molecular weight excluding hydrogens is 343 g/mol. The molecule has 1 aromatic heterocycles. The smallest absolute Gasteiger partial charge is 0.272 e. The van der Waals surface area contributed by atoms with Gasteiger partial charge in [-0.1, -0.05) is 25.4 Å². The third-order valence-electron chi connectivity index (χ3n) is 4.53. The number of amides is 1. The highest BCUT2D eigenvalue weighted by molar-refractivity contribution is 6.30. The van der Waals surface area contributed by atoms with Gasteiger partial charge in [0.05, 0.1) is 5.02 Å². The summed E-state index contributed by atoms with van der Waals surface area (Å²) in [6.45, 7) is 5.53. The van der Waals surface area contributed by atoms with E-state index in [9.17, 15) is 9.18 Å². The van der Waals surface area contributed by atoms with E-state index in [0.29, 0.717) is 18.2 Å². The van der Waals surface area contributed by atoms with E-state index in [1.54, 1.807) is 16.8 Å². The summed E-state index contributed by atoms with van der Waals surface area (Å²) in [7, 11) is 1.85. The second-order valence-corrected chi connectivity index (χ2v) is 7.14. The minimum Gasteiger partial charge on any atom is -0.369 e. The molecule has 1 saturated heterocycles. The number of halogens is 2. The first-order chi connectivity index (χ1) is 11.8. The number of hydrogen-bond donors (Lipinski definition) is 1. The van der Waals surface area contributed by atoms with Gasteiger partial charge in [0, 0.05) is 37.6 Å². The molecule has 1 atom stereocenters. The number of aryl methyl sites for hydroxylation is 1. The molecule has 1 aromatic carbocycles. The molecule has 0 spiro atoms. The van der Waals surface area contributed by atoms with E-state index in [1.165, 1.54) is 6.07 Å². The predicted octanol–water partition coefficient (Wildman–Crippen LogP) is 3.34. The lowest BCUT2D eigenvalue weighted by Gasteiger charge is -2.19. The SMILES string of the molecule is CC(C)c1cc(C(=O)NC2CCN(c3ccc(Cl)c(F)c3)C2)nn1C. The van der Waals surface area contributed by atoms with Gasteiger partial charge in [0.2, 0.25) is 0 Å². The van der Waals surface area contributed by atoms with E-state index in [1.807, 2.05) is 18.0 Å². The summed E-state index contributed by atoms with van der Waals surface area (Å²) in [5.41, 5.74) is 2.23. The molecule has 2 heterocycles. The fraction of sp³-hybridized carbons (Fsp3) is 0.444. The molecule has 1 aliphatic heterocycles. The Kier molecular flexibility index (Phi) is 4.99. The Bertz CT molecular complexity index is 789. The number of nitrogens with one attached hydrogen (secondary N) is 1. The molecular formula is C18H22ClFN4O. The largest absolute Gasteiger partial charge is 0.369 e. The number of carbonyl (C=O) groups excluding carboxylic acids is 1. The van der Waals surface area contributed by atoms with Crippen LogP contribution in [0.4, 0.5) is 10.1 Å². The standard InChI is InChI=1S/C18H22ClFN4O/c1-11(2)17-9-16(22-23(17)3)18(25)21-12-6-7-24(10-12)13-4-5-14(19)15(20)8-13/h4-5,8-9,11-12H,6-7,10H2,1-3H3,(H,21,25). The van der Waals surface area contributed by atoms with E-state index in [2.05, 4.69) is 24.3 Å². The molecule has 3 rings (SSSR count). The van der Waals surface area contributed by atoms with Gasteiger partial charge in [-0.15, -0.1) is 0 Å². The Morgan fingerprint density at radius 1 is 1.40 bits per heavy atom. The van der Waals surface area contributed by atoms with Gasteiger partial charge in [-0.05, 0) is 36.6 Å². The molecule has 1 fully saturated rings. The average Bonchev–Trinajstić information content (AvgIpc) is 3.17. The van der Waals surface area contributed by atoms with Crippen molar-refractivity contribution in [3.8, 4) is 0 Å². The maximum Gasteiger partial charge on any atom is 0.272 e. The Labute approximate surface area is 151 Å². The van der Waals surface area contributed by atoms with Crippen molar-refractivity contribution in [2.24, 2.45) is 7.05 Å². The number of rotatable bonds is 4. The van der Waals surface area contributed by atoms with Crippen molar-refractivity contribution >= 4 is 23.2 Å². The molecule has 0 bridgehead atoms. The van der Waals surface area contributed by atoms with Crippen LogP contribution in [0, 0.1) is 5.82 Å². The summed E-state index contributed by atoms with van der Waals surface area (Å²) in [5, 5.41) is 7.44. The summed E-state index contributed by atoms with van der Waals surface area (Å²) in [4.78, 5) is 14.5. The first-order valence-electron chi connectivity index (χ1n) is 8.40. The van der Waals surface area contributed by atoms with Gasteiger partial charge < -0.3 is 10.2 Å². The molecule has 0 saturated carbocycles. The Balaban J connectivity index is 1.63. The lowest BCUT2D eigenvalue weighted by molar-refractivity contribution is 0.0934. The number of hydrogen-bond acceptors (Lipinski definition) is 3. The van der Waals surface area contributed by atoms with Gasteiger partial charge >= 0.3 is 0 Å². The van der Waals surface area contributed by atoms with Crippen molar-refractivity contribution in [2.45, 2.75) is 32.2 Å². The molecule has 134 valence electrons. The number of carbonyl (C=O) groups is 1. The zero-order valence-electron chi connectivity index (χ0n) is 14.6. The van der Waals surface area contributed by atoms with Gasteiger partial charge in [0.1, 0.15) is 11.5 Å². The molecule has 5 nitrogen and oxygen atoms in total. The third kappa shape index (κ3) is 3.79. The Morgan fingerprint density at radius 3 is 2.80 bits per heavy atom. The number of nitrogens with zero attached hydrogens (tertiary/aromatic N) is 3. The minimum absolute atomic E-state index is 0.00995. The molecule has 7 heteroatoms. The molecule has 25 heavy (non-hydrogen) atoms. The van der Waals surface area contributed by atoms with E-state index in [0.717, 1.165) is 24.3 Å². The summed E-state index contributed by atoms with van der Waals surface area (Å²) < 4.78 is 15.4. The summed E-state index contributed by atoms with van der Waals surface area (Å²) in [6.07, 6.45) is 0.805. The highest BCUT2D eigenvalue weighted by Crippen LogP contribution is 2.25. The number of anilines is 1. The maximum atomic E-state index is 13.6. The van der Waals surface area contributed by atoms with Gasteiger partial charge in [0.25, 0.3) is 5.91 Å².